The molecule has 0 fully saturated rings. The number of benzene rings is 1. The molecule has 19 heavy (non-hydrogen) atoms. The molecule has 0 aliphatic carbocycles. The zero-order valence-electron chi connectivity index (χ0n) is 13.5. The fraction of sp³-hybridized carbons (Fsp3) is 0.647. The summed E-state index contributed by atoms with van der Waals surface area (Å²) in [7, 11) is 2.05. The highest BCUT2D eigenvalue weighted by atomic mass is 15.1. The molecule has 108 valence electrons. The van der Waals surface area contributed by atoms with Crippen molar-refractivity contribution in [1.29, 1.82) is 0 Å². The van der Waals surface area contributed by atoms with Crippen LogP contribution in [0.4, 0.5) is 0 Å². The van der Waals surface area contributed by atoms with E-state index in [1.165, 1.54) is 11.1 Å². The lowest BCUT2D eigenvalue weighted by atomic mass is 9.86. The van der Waals surface area contributed by atoms with Crippen molar-refractivity contribution in [2.45, 2.75) is 46.1 Å². The Morgan fingerprint density at radius 3 is 1.95 bits per heavy atom. The van der Waals surface area contributed by atoms with Crippen molar-refractivity contribution in [3.05, 3.63) is 35.4 Å². The number of hydrogen-bond acceptors (Lipinski definition) is 2. The van der Waals surface area contributed by atoms with Gasteiger partial charge in [0.05, 0.1) is 0 Å². The minimum Gasteiger partial charge on any atom is -0.312 e. The van der Waals surface area contributed by atoms with Crippen LogP contribution in [0.25, 0.3) is 0 Å². The van der Waals surface area contributed by atoms with E-state index >= 15 is 0 Å². The first-order valence-electron chi connectivity index (χ1n) is 7.42. The Labute approximate surface area is 119 Å². The van der Waals surface area contributed by atoms with Gasteiger partial charge in [0.2, 0.25) is 0 Å². The van der Waals surface area contributed by atoms with Gasteiger partial charge in [-0.25, -0.2) is 0 Å². The van der Waals surface area contributed by atoms with Crippen molar-refractivity contribution in [3.8, 4) is 0 Å². The Kier molecular flexibility index (Phi) is 6.02. The van der Waals surface area contributed by atoms with E-state index in [1.54, 1.807) is 0 Å². The lowest BCUT2D eigenvalue weighted by Crippen LogP contribution is -2.33. The molecule has 1 aromatic carbocycles. The van der Waals surface area contributed by atoms with Gasteiger partial charge in [-0.05, 0) is 36.7 Å². The standard InChI is InChI=1S/C17H30N2/c1-7-19(8-2)13-16(18-6)14-9-11-15(12-10-14)17(3,4)5/h9-12,16,18H,7-8,13H2,1-6H3. The topological polar surface area (TPSA) is 15.3 Å². The highest BCUT2D eigenvalue weighted by Crippen LogP contribution is 2.24. The number of nitrogens with zero attached hydrogens (tertiary/aromatic N) is 1. The summed E-state index contributed by atoms with van der Waals surface area (Å²) in [5.74, 6) is 0. The summed E-state index contributed by atoms with van der Waals surface area (Å²) in [6, 6.07) is 9.48. The molecule has 0 aliphatic rings. The normalized spacial score (nSPS) is 13.8. The van der Waals surface area contributed by atoms with Gasteiger partial charge in [-0.15, -0.1) is 0 Å². The van der Waals surface area contributed by atoms with Crippen LogP contribution in [0.5, 0.6) is 0 Å². The predicted molar refractivity (Wildman–Crippen MR) is 84.7 cm³/mol. The Hall–Kier alpha value is -0.860. The molecule has 2 heteroatoms. The Balaban J connectivity index is 2.82. The molecule has 0 aliphatic heterocycles. The van der Waals surface area contributed by atoms with E-state index in [-0.39, 0.29) is 5.41 Å². The maximum atomic E-state index is 3.43. The average Bonchev–Trinajstić information content (AvgIpc) is 2.39. The van der Waals surface area contributed by atoms with Gasteiger partial charge >= 0.3 is 0 Å². The number of rotatable bonds is 6. The van der Waals surface area contributed by atoms with Crippen molar-refractivity contribution in [2.24, 2.45) is 0 Å². The van der Waals surface area contributed by atoms with E-state index in [1.807, 2.05) is 7.05 Å². The van der Waals surface area contributed by atoms with E-state index in [9.17, 15) is 0 Å². The predicted octanol–water partition coefficient (Wildman–Crippen LogP) is 3.59. The van der Waals surface area contributed by atoms with Gasteiger partial charge in [-0.3, -0.25) is 0 Å². The zero-order chi connectivity index (χ0) is 14.5. The molecular formula is C17H30N2. The summed E-state index contributed by atoms with van der Waals surface area (Å²) in [6.07, 6.45) is 0. The first-order valence-corrected chi connectivity index (χ1v) is 7.42. The molecule has 1 unspecified atom stereocenters. The van der Waals surface area contributed by atoms with Crippen molar-refractivity contribution in [1.82, 2.24) is 10.2 Å². The lowest BCUT2D eigenvalue weighted by Gasteiger charge is -2.26. The summed E-state index contributed by atoms with van der Waals surface area (Å²) in [5.41, 5.74) is 3.00. The number of hydrogen-bond donors (Lipinski definition) is 1. The molecule has 0 bridgehead atoms. The summed E-state index contributed by atoms with van der Waals surface area (Å²) in [4.78, 5) is 2.46. The maximum Gasteiger partial charge on any atom is 0.0446 e. The Bertz CT molecular complexity index is 358. The SMILES string of the molecule is CCN(CC)CC(NC)c1ccc(C(C)(C)C)cc1. The minimum atomic E-state index is 0.229. The molecular weight excluding hydrogens is 232 g/mol. The van der Waals surface area contributed by atoms with Gasteiger partial charge in [0.15, 0.2) is 0 Å². The second-order valence-electron chi connectivity index (χ2n) is 6.20. The van der Waals surface area contributed by atoms with Gasteiger partial charge in [-0.1, -0.05) is 58.9 Å². The van der Waals surface area contributed by atoms with Gasteiger partial charge in [0.25, 0.3) is 0 Å². The molecule has 1 N–H and O–H groups in total. The van der Waals surface area contributed by atoms with Crippen LogP contribution in [-0.4, -0.2) is 31.6 Å². The summed E-state index contributed by atoms with van der Waals surface area (Å²) < 4.78 is 0. The van der Waals surface area contributed by atoms with Crippen LogP contribution >= 0.6 is 0 Å². The van der Waals surface area contributed by atoms with Crippen molar-refractivity contribution in [2.75, 3.05) is 26.7 Å². The molecule has 1 aromatic rings. The fourth-order valence-electron chi connectivity index (χ4n) is 2.32. The van der Waals surface area contributed by atoms with Crippen LogP contribution in [0.2, 0.25) is 0 Å². The van der Waals surface area contributed by atoms with Crippen LogP contribution in [-0.2, 0) is 5.41 Å². The first kappa shape index (κ1) is 16.2. The minimum absolute atomic E-state index is 0.229. The quantitative estimate of drug-likeness (QED) is 0.843. The summed E-state index contributed by atoms with van der Waals surface area (Å²) in [5, 5.41) is 3.43. The lowest BCUT2D eigenvalue weighted by molar-refractivity contribution is 0.271. The zero-order valence-corrected chi connectivity index (χ0v) is 13.5. The molecule has 1 atom stereocenters. The van der Waals surface area contributed by atoms with Crippen LogP contribution in [0.1, 0.15) is 51.8 Å². The van der Waals surface area contributed by atoms with Crippen molar-refractivity contribution in [3.63, 3.8) is 0 Å². The molecule has 0 radical (unpaired) electrons. The molecule has 0 heterocycles. The second-order valence-corrected chi connectivity index (χ2v) is 6.20. The second kappa shape index (κ2) is 7.06. The number of nitrogens with one attached hydrogen (secondary N) is 1. The van der Waals surface area contributed by atoms with E-state index in [0.29, 0.717) is 6.04 Å². The molecule has 0 aromatic heterocycles. The number of likely N-dealkylation sites (N-methyl/N-ethyl adjacent to an activating group) is 2. The monoisotopic (exact) mass is 262 g/mol. The molecule has 1 rings (SSSR count). The molecule has 0 amide bonds. The molecule has 0 saturated heterocycles. The van der Waals surface area contributed by atoms with Gasteiger partial charge in [0, 0.05) is 12.6 Å². The van der Waals surface area contributed by atoms with Crippen LogP contribution < -0.4 is 5.32 Å². The molecule has 0 saturated carbocycles. The molecule has 2 nitrogen and oxygen atoms in total. The van der Waals surface area contributed by atoms with Crippen LogP contribution in [0.15, 0.2) is 24.3 Å². The highest BCUT2D eigenvalue weighted by Gasteiger charge is 2.16. The summed E-state index contributed by atoms with van der Waals surface area (Å²) >= 11 is 0. The third-order valence-corrected chi connectivity index (χ3v) is 3.86. The van der Waals surface area contributed by atoms with Crippen molar-refractivity contribution >= 4 is 0 Å². The van der Waals surface area contributed by atoms with Gasteiger partial charge < -0.3 is 10.2 Å². The third kappa shape index (κ3) is 4.63. The Morgan fingerprint density at radius 1 is 1.05 bits per heavy atom. The van der Waals surface area contributed by atoms with E-state index < -0.39 is 0 Å². The fourth-order valence-corrected chi connectivity index (χ4v) is 2.32. The van der Waals surface area contributed by atoms with Crippen molar-refractivity contribution < 1.29 is 0 Å². The Morgan fingerprint density at radius 2 is 1.58 bits per heavy atom. The largest absolute Gasteiger partial charge is 0.312 e. The van der Waals surface area contributed by atoms with Crippen LogP contribution in [0, 0.1) is 0 Å². The smallest absolute Gasteiger partial charge is 0.0446 e. The van der Waals surface area contributed by atoms with Crippen LogP contribution in [0.3, 0.4) is 0 Å². The van der Waals surface area contributed by atoms with E-state index in [0.717, 1.165) is 19.6 Å². The summed E-state index contributed by atoms with van der Waals surface area (Å²) in [6.45, 7) is 14.5. The third-order valence-electron chi connectivity index (χ3n) is 3.86. The highest BCUT2D eigenvalue weighted by molar-refractivity contribution is 5.29. The first-order chi connectivity index (χ1) is 8.92. The van der Waals surface area contributed by atoms with Gasteiger partial charge in [0.1, 0.15) is 0 Å². The molecule has 0 spiro atoms. The van der Waals surface area contributed by atoms with Gasteiger partial charge in [-0.2, -0.15) is 0 Å². The average molecular weight is 262 g/mol. The van der Waals surface area contributed by atoms with E-state index in [2.05, 4.69) is 69.1 Å². The maximum absolute atomic E-state index is 3.43. The van der Waals surface area contributed by atoms with E-state index in [4.69, 9.17) is 0 Å².